The van der Waals surface area contributed by atoms with Crippen LogP contribution in [0.5, 0.6) is 0 Å². The van der Waals surface area contributed by atoms with E-state index in [0.717, 1.165) is 5.56 Å². The summed E-state index contributed by atoms with van der Waals surface area (Å²) in [6.45, 7) is 1.81. The number of halogens is 2. The van der Waals surface area contributed by atoms with Crippen molar-refractivity contribution in [3.05, 3.63) is 58.2 Å². The summed E-state index contributed by atoms with van der Waals surface area (Å²) in [5, 5.41) is 9.51. The van der Waals surface area contributed by atoms with Gasteiger partial charge in [0.05, 0.1) is 17.2 Å². The largest absolute Gasteiger partial charge is 0.330 e. The number of aromatic nitrogens is 2. The number of urea groups is 1. The van der Waals surface area contributed by atoms with Gasteiger partial charge in [0.1, 0.15) is 0 Å². The molecule has 2 unspecified atom stereocenters. The van der Waals surface area contributed by atoms with Gasteiger partial charge in [0.15, 0.2) is 0 Å². The van der Waals surface area contributed by atoms with E-state index in [1.165, 1.54) is 29.0 Å². The SMILES string of the molecule is Cc1ccc(-c2ccnn(C)c2=O)cc1NC(=O)C1=CN(C)C(=O)NC1C1CCCC(F)(F)C1. The predicted octanol–water partition coefficient (Wildman–Crippen LogP) is 3.43. The Kier molecular flexibility index (Phi) is 6.24. The van der Waals surface area contributed by atoms with Gasteiger partial charge in [-0.05, 0) is 48.9 Å². The van der Waals surface area contributed by atoms with Crippen LogP contribution in [-0.4, -0.2) is 45.6 Å². The lowest BCUT2D eigenvalue weighted by atomic mass is 9.78. The minimum atomic E-state index is -2.82. The van der Waals surface area contributed by atoms with E-state index >= 15 is 0 Å². The van der Waals surface area contributed by atoms with Crippen LogP contribution in [0.3, 0.4) is 0 Å². The van der Waals surface area contributed by atoms with E-state index in [0.29, 0.717) is 29.7 Å². The number of carbonyl (C=O) groups excluding carboxylic acids is 2. The molecule has 180 valence electrons. The normalized spacial score (nSPS) is 22.1. The molecule has 1 aromatic carbocycles. The summed E-state index contributed by atoms with van der Waals surface area (Å²) < 4.78 is 29.4. The second-order valence-corrected chi connectivity index (χ2v) is 8.99. The number of alkyl halides is 2. The lowest BCUT2D eigenvalue weighted by Crippen LogP contribution is -2.53. The number of hydrogen-bond donors (Lipinski definition) is 2. The van der Waals surface area contributed by atoms with Gasteiger partial charge in [-0.15, -0.1) is 0 Å². The van der Waals surface area contributed by atoms with Crippen molar-refractivity contribution in [1.29, 1.82) is 0 Å². The summed E-state index contributed by atoms with van der Waals surface area (Å²) in [6, 6.07) is 5.61. The number of nitrogens with zero attached hydrogens (tertiary/aromatic N) is 3. The third-order valence-electron chi connectivity index (χ3n) is 6.48. The number of hydrogen-bond acceptors (Lipinski definition) is 4. The summed E-state index contributed by atoms with van der Waals surface area (Å²) in [7, 11) is 3.05. The van der Waals surface area contributed by atoms with Gasteiger partial charge in [-0.1, -0.05) is 12.1 Å². The van der Waals surface area contributed by atoms with E-state index < -0.39 is 29.8 Å². The molecule has 0 spiro atoms. The predicted molar refractivity (Wildman–Crippen MR) is 123 cm³/mol. The maximum absolute atomic E-state index is 14.1. The van der Waals surface area contributed by atoms with Gasteiger partial charge in [-0.3, -0.25) is 9.59 Å². The Bertz CT molecular complexity index is 1220. The first kappa shape index (κ1) is 23.6. The van der Waals surface area contributed by atoms with Crippen LogP contribution < -0.4 is 16.2 Å². The quantitative estimate of drug-likeness (QED) is 0.714. The molecule has 0 bridgehead atoms. The topological polar surface area (TPSA) is 96.3 Å². The molecule has 8 nitrogen and oxygen atoms in total. The molecule has 0 saturated heterocycles. The Hall–Kier alpha value is -3.56. The van der Waals surface area contributed by atoms with Crippen LogP contribution in [0.4, 0.5) is 19.3 Å². The average molecular weight is 472 g/mol. The third kappa shape index (κ3) is 4.71. The Labute approximate surface area is 195 Å². The summed E-state index contributed by atoms with van der Waals surface area (Å²) in [5.74, 6) is -3.86. The monoisotopic (exact) mass is 471 g/mol. The molecular weight excluding hydrogens is 444 g/mol. The highest BCUT2D eigenvalue weighted by Gasteiger charge is 2.43. The first-order chi connectivity index (χ1) is 16.1. The van der Waals surface area contributed by atoms with Gasteiger partial charge < -0.3 is 15.5 Å². The number of aryl methyl sites for hydroxylation is 2. The van der Waals surface area contributed by atoms with Crippen molar-refractivity contribution in [3.8, 4) is 11.1 Å². The van der Waals surface area contributed by atoms with E-state index in [-0.39, 0.29) is 24.0 Å². The van der Waals surface area contributed by atoms with Crippen LogP contribution in [0.1, 0.15) is 31.2 Å². The number of nitrogens with one attached hydrogen (secondary N) is 2. The lowest BCUT2D eigenvalue weighted by molar-refractivity contribution is -0.113. The van der Waals surface area contributed by atoms with Crippen LogP contribution >= 0.6 is 0 Å². The first-order valence-electron chi connectivity index (χ1n) is 11.1. The van der Waals surface area contributed by atoms with Crippen molar-refractivity contribution in [2.75, 3.05) is 12.4 Å². The second-order valence-electron chi connectivity index (χ2n) is 8.99. The smallest absolute Gasteiger partial charge is 0.321 e. The number of rotatable bonds is 4. The Morgan fingerprint density at radius 1 is 1.24 bits per heavy atom. The fraction of sp³-hybridized carbons (Fsp3) is 0.417. The molecule has 2 aliphatic rings. The summed E-state index contributed by atoms with van der Waals surface area (Å²) >= 11 is 0. The fourth-order valence-electron chi connectivity index (χ4n) is 4.57. The minimum Gasteiger partial charge on any atom is -0.330 e. The van der Waals surface area contributed by atoms with Crippen LogP contribution in [-0.2, 0) is 11.8 Å². The molecular formula is C24H27F2N5O3. The minimum absolute atomic E-state index is 0.185. The molecule has 1 aromatic heterocycles. The summed E-state index contributed by atoms with van der Waals surface area (Å²) in [5.41, 5.74) is 2.22. The zero-order chi connectivity index (χ0) is 24.6. The molecule has 0 radical (unpaired) electrons. The molecule has 1 aliphatic heterocycles. The van der Waals surface area contributed by atoms with Gasteiger partial charge in [0.25, 0.3) is 11.5 Å². The lowest BCUT2D eigenvalue weighted by Gasteiger charge is -2.38. The molecule has 1 saturated carbocycles. The molecule has 2 aromatic rings. The van der Waals surface area contributed by atoms with Gasteiger partial charge in [0.2, 0.25) is 5.92 Å². The van der Waals surface area contributed by atoms with Crippen molar-refractivity contribution < 1.29 is 18.4 Å². The molecule has 10 heteroatoms. The van der Waals surface area contributed by atoms with Gasteiger partial charge in [-0.25, -0.2) is 18.3 Å². The molecule has 34 heavy (non-hydrogen) atoms. The molecule has 1 aliphatic carbocycles. The van der Waals surface area contributed by atoms with Crippen LogP contribution in [0.25, 0.3) is 11.1 Å². The van der Waals surface area contributed by atoms with Crippen molar-refractivity contribution in [1.82, 2.24) is 20.0 Å². The maximum atomic E-state index is 14.1. The number of carbonyl (C=O) groups is 2. The number of amides is 3. The Balaban J connectivity index is 1.64. The maximum Gasteiger partial charge on any atom is 0.321 e. The molecule has 3 amide bonds. The first-order valence-corrected chi connectivity index (χ1v) is 11.1. The van der Waals surface area contributed by atoms with E-state index in [2.05, 4.69) is 15.7 Å². The van der Waals surface area contributed by atoms with E-state index in [4.69, 9.17) is 0 Å². The number of anilines is 1. The molecule has 2 atom stereocenters. The van der Waals surface area contributed by atoms with Crippen molar-refractivity contribution >= 4 is 17.6 Å². The average Bonchev–Trinajstić information content (AvgIpc) is 2.78. The van der Waals surface area contributed by atoms with Crippen molar-refractivity contribution in [3.63, 3.8) is 0 Å². The fourth-order valence-corrected chi connectivity index (χ4v) is 4.57. The van der Waals surface area contributed by atoms with E-state index in [1.807, 2.05) is 6.92 Å². The standard InChI is InChI=1S/C24H27F2N5O3/c1-14-6-7-15(17-8-10-27-31(3)22(17)33)11-19(14)28-21(32)18-13-30(2)23(34)29-20(18)16-5-4-9-24(25,26)12-16/h6-8,10-11,13,16,20H,4-5,9,12H2,1-3H3,(H,28,32)(H,29,34). The molecule has 2 N–H and O–H groups in total. The zero-order valence-electron chi connectivity index (χ0n) is 19.3. The third-order valence-corrected chi connectivity index (χ3v) is 6.48. The van der Waals surface area contributed by atoms with Crippen LogP contribution in [0, 0.1) is 12.8 Å². The zero-order valence-corrected chi connectivity index (χ0v) is 19.3. The highest BCUT2D eigenvalue weighted by molar-refractivity contribution is 6.06. The van der Waals surface area contributed by atoms with Gasteiger partial charge in [-0.2, -0.15) is 5.10 Å². The second kappa shape index (κ2) is 9.00. The molecule has 4 rings (SSSR count). The Morgan fingerprint density at radius 3 is 2.74 bits per heavy atom. The van der Waals surface area contributed by atoms with Gasteiger partial charge in [0, 0.05) is 45.0 Å². The van der Waals surface area contributed by atoms with Crippen LogP contribution in [0.2, 0.25) is 0 Å². The highest BCUT2D eigenvalue weighted by Crippen LogP contribution is 2.40. The van der Waals surface area contributed by atoms with E-state index in [9.17, 15) is 23.2 Å². The van der Waals surface area contributed by atoms with Crippen molar-refractivity contribution in [2.45, 2.75) is 44.6 Å². The number of benzene rings is 1. The summed E-state index contributed by atoms with van der Waals surface area (Å²) in [6.07, 6.45) is 3.18. The van der Waals surface area contributed by atoms with E-state index in [1.54, 1.807) is 31.3 Å². The van der Waals surface area contributed by atoms with Crippen LogP contribution in [0.15, 0.2) is 47.0 Å². The molecule has 1 fully saturated rings. The highest BCUT2D eigenvalue weighted by atomic mass is 19.3. The van der Waals surface area contributed by atoms with Crippen molar-refractivity contribution in [2.24, 2.45) is 13.0 Å². The Morgan fingerprint density at radius 2 is 2.00 bits per heavy atom. The summed E-state index contributed by atoms with van der Waals surface area (Å²) in [4.78, 5) is 39.3. The van der Waals surface area contributed by atoms with Gasteiger partial charge >= 0.3 is 6.03 Å². The molecule has 2 heterocycles.